The molecule has 0 aliphatic heterocycles. The summed E-state index contributed by atoms with van der Waals surface area (Å²) in [5.41, 5.74) is 1.43. The van der Waals surface area contributed by atoms with Gasteiger partial charge in [0.15, 0.2) is 0 Å². The lowest BCUT2D eigenvalue weighted by Crippen LogP contribution is -2.55. The number of alkyl carbamates (subject to hydrolysis) is 1. The SMILES string of the molecule is C=C[C@H](COC(=O)[C@H](Cc1ccc(O)cc1)NC(=O)[C@@H](NC(C)=O)C(C)C)NC(=O)[C@@H](NC(=O)OCc1ccccc1)C(C)C. The Morgan fingerprint density at radius 3 is 1.91 bits per heavy atom. The zero-order valence-electron chi connectivity index (χ0n) is 26.4. The number of esters is 1. The summed E-state index contributed by atoms with van der Waals surface area (Å²) in [6, 6.07) is 11.4. The van der Waals surface area contributed by atoms with Crippen LogP contribution >= 0.6 is 0 Å². The van der Waals surface area contributed by atoms with Gasteiger partial charge in [-0.15, -0.1) is 6.58 Å². The van der Waals surface area contributed by atoms with E-state index in [-0.39, 0.29) is 37.2 Å². The van der Waals surface area contributed by atoms with Crippen molar-refractivity contribution in [2.24, 2.45) is 11.8 Å². The van der Waals surface area contributed by atoms with Crippen molar-refractivity contribution in [2.45, 2.75) is 71.8 Å². The molecule has 5 N–H and O–H groups in total. The number of benzene rings is 2. The van der Waals surface area contributed by atoms with Crippen LogP contribution in [0.3, 0.4) is 0 Å². The number of hydrogen-bond donors (Lipinski definition) is 5. The van der Waals surface area contributed by atoms with Gasteiger partial charge in [0.05, 0.1) is 6.04 Å². The number of phenolic OH excluding ortho intramolecular Hbond substituents is 1. The molecule has 0 radical (unpaired) electrons. The van der Waals surface area contributed by atoms with Gasteiger partial charge >= 0.3 is 12.1 Å². The normalized spacial score (nSPS) is 13.5. The van der Waals surface area contributed by atoms with Crippen molar-refractivity contribution in [3.05, 3.63) is 78.4 Å². The average molecular weight is 625 g/mol. The molecule has 2 aromatic rings. The van der Waals surface area contributed by atoms with Crippen LogP contribution in [-0.2, 0) is 41.7 Å². The number of phenols is 1. The van der Waals surface area contributed by atoms with Gasteiger partial charge < -0.3 is 35.8 Å². The molecule has 244 valence electrons. The first-order valence-electron chi connectivity index (χ1n) is 14.7. The summed E-state index contributed by atoms with van der Waals surface area (Å²) in [4.78, 5) is 63.5. The van der Waals surface area contributed by atoms with Gasteiger partial charge in [0, 0.05) is 13.3 Å². The number of nitrogens with one attached hydrogen (secondary N) is 4. The van der Waals surface area contributed by atoms with Crippen LogP contribution in [0.1, 0.15) is 45.7 Å². The summed E-state index contributed by atoms with van der Waals surface area (Å²) in [6.45, 7) is 11.8. The zero-order chi connectivity index (χ0) is 33.5. The largest absolute Gasteiger partial charge is 0.508 e. The maximum Gasteiger partial charge on any atom is 0.408 e. The third-order valence-electron chi connectivity index (χ3n) is 6.74. The van der Waals surface area contributed by atoms with Gasteiger partial charge in [-0.05, 0) is 35.1 Å². The number of amides is 4. The van der Waals surface area contributed by atoms with E-state index in [9.17, 15) is 29.1 Å². The molecule has 0 aromatic heterocycles. The molecular weight excluding hydrogens is 580 g/mol. The van der Waals surface area contributed by atoms with Crippen molar-refractivity contribution >= 4 is 29.8 Å². The first kappa shape index (κ1) is 36.3. The fourth-order valence-corrected chi connectivity index (χ4v) is 4.22. The van der Waals surface area contributed by atoms with E-state index in [0.717, 1.165) is 5.56 Å². The van der Waals surface area contributed by atoms with Gasteiger partial charge in [0.25, 0.3) is 0 Å². The van der Waals surface area contributed by atoms with Crippen molar-refractivity contribution in [2.75, 3.05) is 6.61 Å². The van der Waals surface area contributed by atoms with Crippen LogP contribution < -0.4 is 21.3 Å². The molecule has 4 atom stereocenters. The highest BCUT2D eigenvalue weighted by molar-refractivity contribution is 5.90. The highest BCUT2D eigenvalue weighted by Gasteiger charge is 2.30. The Morgan fingerprint density at radius 1 is 0.778 bits per heavy atom. The first-order valence-corrected chi connectivity index (χ1v) is 14.7. The second-order valence-corrected chi connectivity index (χ2v) is 11.3. The van der Waals surface area contributed by atoms with Gasteiger partial charge in [-0.2, -0.15) is 0 Å². The summed E-state index contributed by atoms with van der Waals surface area (Å²) in [7, 11) is 0. The van der Waals surface area contributed by atoms with Crippen LogP contribution in [0.4, 0.5) is 4.79 Å². The Labute approximate surface area is 263 Å². The van der Waals surface area contributed by atoms with E-state index >= 15 is 0 Å². The topological polar surface area (TPSA) is 172 Å². The van der Waals surface area contributed by atoms with Crippen LogP contribution in [0.2, 0.25) is 0 Å². The van der Waals surface area contributed by atoms with Gasteiger partial charge in [0.2, 0.25) is 17.7 Å². The molecule has 12 nitrogen and oxygen atoms in total. The second-order valence-electron chi connectivity index (χ2n) is 11.3. The summed E-state index contributed by atoms with van der Waals surface area (Å²) in [6.07, 6.45) is 0.654. The number of ether oxygens (including phenoxy) is 2. The standard InChI is InChI=1S/C33H44N4O8/c1-7-25(35-30(40)29(21(4)5)37-33(43)45-18-24-11-9-8-10-12-24)19-44-32(42)27(17-23-13-15-26(39)16-14-23)36-31(41)28(20(2)3)34-22(6)38/h7-16,20-21,25,27-29,39H,1,17-19H2,2-6H3,(H,34,38)(H,35,40)(H,36,41)(H,37,43)/t25-,27+,28+,29+/m1/s1. The minimum absolute atomic E-state index is 0.0330. The summed E-state index contributed by atoms with van der Waals surface area (Å²) >= 11 is 0. The second kappa shape index (κ2) is 18.1. The molecule has 0 unspecified atom stereocenters. The summed E-state index contributed by atoms with van der Waals surface area (Å²) in [5.74, 6) is -2.82. The molecule has 0 heterocycles. The van der Waals surface area contributed by atoms with Gasteiger partial charge in [-0.3, -0.25) is 14.4 Å². The van der Waals surface area contributed by atoms with E-state index in [4.69, 9.17) is 9.47 Å². The van der Waals surface area contributed by atoms with E-state index in [2.05, 4.69) is 27.8 Å². The van der Waals surface area contributed by atoms with E-state index < -0.39 is 54.0 Å². The Balaban J connectivity index is 2.06. The highest BCUT2D eigenvalue weighted by Crippen LogP contribution is 2.13. The fraction of sp³-hybridized carbons (Fsp3) is 0.424. The van der Waals surface area contributed by atoms with E-state index in [1.807, 2.05) is 30.3 Å². The lowest BCUT2D eigenvalue weighted by atomic mass is 10.0. The molecule has 0 saturated carbocycles. The number of carbonyl (C=O) groups is 5. The third kappa shape index (κ3) is 12.7. The molecule has 2 rings (SSSR count). The lowest BCUT2D eigenvalue weighted by Gasteiger charge is -2.26. The average Bonchev–Trinajstić information content (AvgIpc) is 3.00. The maximum absolute atomic E-state index is 13.3. The molecule has 0 spiro atoms. The molecule has 0 aliphatic rings. The monoisotopic (exact) mass is 624 g/mol. The van der Waals surface area contributed by atoms with Crippen LogP contribution in [0, 0.1) is 11.8 Å². The van der Waals surface area contributed by atoms with Crippen molar-refractivity contribution in [1.29, 1.82) is 0 Å². The predicted molar refractivity (Wildman–Crippen MR) is 168 cm³/mol. The minimum atomic E-state index is -1.15. The summed E-state index contributed by atoms with van der Waals surface area (Å²) in [5, 5.41) is 20.2. The smallest absolute Gasteiger partial charge is 0.408 e. The lowest BCUT2D eigenvalue weighted by molar-refractivity contribution is -0.149. The molecule has 45 heavy (non-hydrogen) atoms. The first-order chi connectivity index (χ1) is 21.3. The molecule has 2 aromatic carbocycles. The van der Waals surface area contributed by atoms with Crippen molar-refractivity contribution < 1.29 is 38.6 Å². The van der Waals surface area contributed by atoms with Crippen LogP contribution in [0.5, 0.6) is 5.75 Å². The Hall–Kier alpha value is -4.87. The van der Waals surface area contributed by atoms with Crippen molar-refractivity contribution in [3.8, 4) is 5.75 Å². The Morgan fingerprint density at radius 2 is 1.36 bits per heavy atom. The predicted octanol–water partition coefficient (Wildman–Crippen LogP) is 2.75. The maximum atomic E-state index is 13.3. The quantitative estimate of drug-likeness (QED) is 0.140. The van der Waals surface area contributed by atoms with Gasteiger partial charge in [-0.1, -0.05) is 76.2 Å². The summed E-state index contributed by atoms with van der Waals surface area (Å²) < 4.78 is 10.7. The fourth-order valence-electron chi connectivity index (χ4n) is 4.22. The van der Waals surface area contributed by atoms with E-state index in [1.54, 1.807) is 39.8 Å². The molecule has 12 heteroatoms. The van der Waals surface area contributed by atoms with Crippen molar-refractivity contribution in [3.63, 3.8) is 0 Å². The van der Waals surface area contributed by atoms with E-state index in [0.29, 0.717) is 5.56 Å². The number of hydrogen-bond acceptors (Lipinski definition) is 8. The molecule has 0 saturated heterocycles. The van der Waals surface area contributed by atoms with Crippen LogP contribution in [-0.4, -0.2) is 65.7 Å². The zero-order valence-corrected chi connectivity index (χ0v) is 26.4. The van der Waals surface area contributed by atoms with Crippen LogP contribution in [0.15, 0.2) is 67.3 Å². The molecule has 0 bridgehead atoms. The van der Waals surface area contributed by atoms with Crippen molar-refractivity contribution in [1.82, 2.24) is 21.3 Å². The highest BCUT2D eigenvalue weighted by atomic mass is 16.5. The van der Waals surface area contributed by atoms with Crippen LogP contribution in [0.25, 0.3) is 0 Å². The Bertz CT molecular complexity index is 1300. The third-order valence-corrected chi connectivity index (χ3v) is 6.74. The number of carbonyl (C=O) groups excluding carboxylic acids is 5. The number of rotatable bonds is 16. The number of aromatic hydroxyl groups is 1. The molecule has 0 aliphatic carbocycles. The van der Waals surface area contributed by atoms with Gasteiger partial charge in [-0.25, -0.2) is 9.59 Å². The Kier molecular flexibility index (Phi) is 14.6. The molecule has 4 amide bonds. The van der Waals surface area contributed by atoms with Gasteiger partial charge in [0.1, 0.15) is 37.1 Å². The molecule has 0 fully saturated rings. The molecular formula is C33H44N4O8. The van der Waals surface area contributed by atoms with E-state index in [1.165, 1.54) is 25.1 Å². The minimum Gasteiger partial charge on any atom is -0.508 e.